The van der Waals surface area contributed by atoms with Gasteiger partial charge in [-0.2, -0.15) is 27.0 Å². The Hall–Kier alpha value is -4.86. The summed E-state index contributed by atoms with van der Waals surface area (Å²) in [6, 6.07) is 10.1. The van der Waals surface area contributed by atoms with E-state index in [1.165, 1.54) is 36.8 Å². The number of carbonyl (C=O) groups is 2. The first kappa shape index (κ1) is 30.1. The number of aromatic amines is 1. The van der Waals surface area contributed by atoms with Crippen LogP contribution in [0.4, 0.5) is 27.8 Å². The fourth-order valence-electron chi connectivity index (χ4n) is 3.62. The molecule has 0 unspecified atom stereocenters. The molecule has 0 bridgehead atoms. The van der Waals surface area contributed by atoms with Gasteiger partial charge >= 0.3 is 18.1 Å². The molecule has 4 rings (SSSR count). The Labute approximate surface area is 237 Å². The summed E-state index contributed by atoms with van der Waals surface area (Å²) < 4.78 is 68.8. The van der Waals surface area contributed by atoms with Crippen LogP contribution in [0.15, 0.2) is 72.2 Å². The highest BCUT2D eigenvalue weighted by molar-refractivity contribution is 6.29. The predicted molar refractivity (Wildman–Crippen MR) is 137 cm³/mol. The number of halogens is 6. The maximum absolute atomic E-state index is 14.5. The molecule has 4 aromatic rings. The summed E-state index contributed by atoms with van der Waals surface area (Å²) in [7, 11) is 0. The molecule has 0 saturated carbocycles. The van der Waals surface area contributed by atoms with Gasteiger partial charge < -0.3 is 15.1 Å². The molecule has 3 aromatic heterocycles. The molecule has 2 N–H and O–H groups in total. The van der Waals surface area contributed by atoms with Crippen LogP contribution in [0.1, 0.15) is 11.3 Å². The number of nitrogens with one attached hydrogen (secondary N) is 2. The van der Waals surface area contributed by atoms with E-state index < -0.39 is 65.8 Å². The van der Waals surface area contributed by atoms with Crippen molar-refractivity contribution in [3.8, 4) is 11.3 Å². The van der Waals surface area contributed by atoms with Gasteiger partial charge in [0.1, 0.15) is 17.4 Å². The lowest BCUT2D eigenvalue weighted by Gasteiger charge is -2.23. The van der Waals surface area contributed by atoms with Crippen LogP contribution in [0, 0.1) is 0 Å². The van der Waals surface area contributed by atoms with Crippen LogP contribution in [-0.2, 0) is 33.4 Å². The number of benzene rings is 1. The van der Waals surface area contributed by atoms with E-state index >= 15 is 0 Å². The van der Waals surface area contributed by atoms with Crippen molar-refractivity contribution >= 4 is 29.3 Å². The summed E-state index contributed by atoms with van der Waals surface area (Å²) in [6.07, 6.45) is -0.643. The van der Waals surface area contributed by atoms with Crippen LogP contribution in [-0.4, -0.2) is 54.2 Å². The van der Waals surface area contributed by atoms with Gasteiger partial charge in [-0.1, -0.05) is 41.9 Å². The topological polar surface area (TPSA) is 135 Å². The largest absolute Gasteiger partial charge is 0.493 e. The molecule has 0 radical (unpaired) electrons. The molecule has 0 atom stereocenters. The summed E-state index contributed by atoms with van der Waals surface area (Å²) in [5.74, 6) is -8.15. The molecule has 0 spiro atoms. The number of nitrogens with zero attached hydrogens (tertiary/aromatic N) is 5. The van der Waals surface area contributed by atoms with Crippen molar-refractivity contribution in [3.63, 3.8) is 0 Å². The Balaban J connectivity index is 1.60. The molecule has 1 aromatic carbocycles. The molecular weight excluding hydrogens is 593 g/mol. The van der Waals surface area contributed by atoms with Gasteiger partial charge in [-0.25, -0.2) is 14.8 Å². The van der Waals surface area contributed by atoms with Crippen molar-refractivity contribution in [1.29, 1.82) is 0 Å². The monoisotopic (exact) mass is 611 g/mol. The maximum Gasteiger partial charge on any atom is 0.493 e. The lowest BCUT2D eigenvalue weighted by molar-refractivity contribution is -0.239. The zero-order chi connectivity index (χ0) is 30.5. The second-order valence-corrected chi connectivity index (χ2v) is 8.91. The number of rotatable bonds is 9. The van der Waals surface area contributed by atoms with Crippen LogP contribution in [0.25, 0.3) is 11.3 Å². The van der Waals surface area contributed by atoms with Gasteiger partial charge in [0.2, 0.25) is 0 Å². The molecule has 0 aliphatic heterocycles. The van der Waals surface area contributed by atoms with Crippen LogP contribution in [0.2, 0.25) is 5.15 Å². The number of hydrogen-bond donors (Lipinski definition) is 2. The number of H-pyrrole nitrogens is 1. The van der Waals surface area contributed by atoms with E-state index in [1.807, 2.05) is 0 Å². The van der Waals surface area contributed by atoms with E-state index in [1.54, 1.807) is 12.1 Å². The van der Waals surface area contributed by atoms with Crippen molar-refractivity contribution in [2.24, 2.45) is 0 Å². The predicted octanol–water partition coefficient (Wildman–Crippen LogP) is 3.94. The molecule has 0 saturated heterocycles. The fraction of sp³-hybridized carbons (Fsp3) is 0.200. The number of aromatic nitrogens is 5. The second-order valence-electron chi connectivity index (χ2n) is 8.52. The van der Waals surface area contributed by atoms with Gasteiger partial charge in [-0.05, 0) is 17.7 Å². The van der Waals surface area contributed by atoms with E-state index in [9.17, 15) is 36.3 Å². The maximum atomic E-state index is 14.5. The Kier molecular flexibility index (Phi) is 8.84. The zero-order valence-corrected chi connectivity index (χ0v) is 21.9. The van der Waals surface area contributed by atoms with E-state index in [4.69, 9.17) is 11.6 Å². The van der Waals surface area contributed by atoms with Gasteiger partial charge in [0, 0.05) is 11.8 Å². The lowest BCUT2D eigenvalue weighted by atomic mass is 10.1. The van der Waals surface area contributed by atoms with Crippen LogP contribution in [0.3, 0.4) is 0 Å². The minimum absolute atomic E-state index is 0.122. The Morgan fingerprint density at radius 3 is 2.45 bits per heavy atom. The average molecular weight is 612 g/mol. The number of amides is 1. The van der Waals surface area contributed by atoms with E-state index in [0.717, 1.165) is 18.5 Å². The number of anilines is 1. The molecular formula is C25H19ClF5N7O4. The molecule has 220 valence electrons. The SMILES string of the molecule is O=C(Cn1c(Cl)cnc(NCC(F)(F)c2ccccn2)c1=O)N(Cc1ccccc1-c1cnc[nH]1)OC(=O)C(F)(F)F. The Morgan fingerprint density at radius 1 is 1.05 bits per heavy atom. The molecule has 11 nitrogen and oxygen atoms in total. The number of alkyl halides is 5. The van der Waals surface area contributed by atoms with E-state index in [2.05, 4.69) is 30.1 Å². The van der Waals surface area contributed by atoms with Crippen LogP contribution >= 0.6 is 11.6 Å². The molecule has 42 heavy (non-hydrogen) atoms. The van der Waals surface area contributed by atoms with Crippen molar-refractivity contribution in [1.82, 2.24) is 29.6 Å². The third-order valence-electron chi connectivity index (χ3n) is 5.64. The highest BCUT2D eigenvalue weighted by Crippen LogP contribution is 2.26. The summed E-state index contributed by atoms with van der Waals surface area (Å²) >= 11 is 6.01. The first-order valence-corrected chi connectivity index (χ1v) is 12.2. The van der Waals surface area contributed by atoms with Gasteiger partial charge in [0.15, 0.2) is 5.82 Å². The molecule has 17 heteroatoms. The van der Waals surface area contributed by atoms with Crippen LogP contribution < -0.4 is 10.9 Å². The number of hydroxylamine groups is 2. The minimum atomic E-state index is -5.46. The summed E-state index contributed by atoms with van der Waals surface area (Å²) in [5, 5.41) is 1.85. The van der Waals surface area contributed by atoms with Gasteiger partial charge in [-0.3, -0.25) is 19.1 Å². The highest BCUT2D eigenvalue weighted by atomic mass is 35.5. The molecule has 0 aliphatic carbocycles. The number of imidazole rings is 1. The molecule has 0 fully saturated rings. The highest BCUT2D eigenvalue weighted by Gasteiger charge is 2.43. The molecule has 0 aliphatic rings. The fourth-order valence-corrected chi connectivity index (χ4v) is 3.80. The van der Waals surface area contributed by atoms with E-state index in [0.29, 0.717) is 15.8 Å². The quantitative estimate of drug-likeness (QED) is 0.215. The normalized spacial score (nSPS) is 11.7. The Morgan fingerprint density at radius 2 is 1.79 bits per heavy atom. The van der Waals surface area contributed by atoms with E-state index in [-0.39, 0.29) is 10.6 Å². The second kappa shape index (κ2) is 12.3. The van der Waals surface area contributed by atoms with Crippen molar-refractivity contribution in [2.75, 3.05) is 11.9 Å². The first-order chi connectivity index (χ1) is 19.9. The number of hydrogen-bond acceptors (Lipinski definition) is 8. The first-order valence-electron chi connectivity index (χ1n) is 11.8. The molecule has 3 heterocycles. The average Bonchev–Trinajstić information content (AvgIpc) is 3.49. The molecule has 1 amide bonds. The third-order valence-corrected chi connectivity index (χ3v) is 5.94. The third kappa shape index (κ3) is 7.06. The van der Waals surface area contributed by atoms with Gasteiger partial charge in [0.05, 0.1) is 37.5 Å². The lowest BCUT2D eigenvalue weighted by Crippen LogP contribution is -2.41. The number of pyridine rings is 1. The van der Waals surface area contributed by atoms with Gasteiger partial charge in [0.25, 0.3) is 11.5 Å². The van der Waals surface area contributed by atoms with Crippen LogP contribution in [0.5, 0.6) is 0 Å². The summed E-state index contributed by atoms with van der Waals surface area (Å²) in [4.78, 5) is 56.1. The summed E-state index contributed by atoms with van der Waals surface area (Å²) in [6.45, 7) is -2.82. The van der Waals surface area contributed by atoms with Crippen molar-refractivity contribution < 1.29 is 36.4 Å². The zero-order valence-electron chi connectivity index (χ0n) is 21.1. The Bertz CT molecular complexity index is 1620. The smallest absolute Gasteiger partial charge is 0.359 e. The standard InChI is InChI=1S/C25H19ClF5N7O4/c26-19-10-34-21(35-13-24(27,28)18-7-3-4-8-33-18)22(40)37(19)12-20(39)38(42-23(41)25(29,30)31)11-15-5-1-2-6-16(15)17-9-32-14-36-17/h1-10,14H,11-13H2,(H,32,36)(H,34,35). The van der Waals surface area contributed by atoms with Crippen molar-refractivity contribution in [3.05, 3.63) is 94.1 Å². The van der Waals surface area contributed by atoms with Gasteiger partial charge in [-0.15, -0.1) is 0 Å². The van der Waals surface area contributed by atoms with Crippen molar-refractivity contribution in [2.45, 2.75) is 25.2 Å². The summed E-state index contributed by atoms with van der Waals surface area (Å²) in [5.41, 5.74) is -0.605. The number of carbonyl (C=O) groups excluding carboxylic acids is 2. The minimum Gasteiger partial charge on any atom is -0.359 e.